The zero-order chi connectivity index (χ0) is 23.3. The fourth-order valence-electron chi connectivity index (χ4n) is 3.06. The SMILES string of the molecule is CCc1cc(=O)[nH]c(-c2cccc(NC(=O)CCNS(=O)(=O)c3ccc(C)c(C)c3)c2)n1. The van der Waals surface area contributed by atoms with Crippen LogP contribution in [0.15, 0.2) is 58.2 Å². The number of anilines is 1. The zero-order valence-corrected chi connectivity index (χ0v) is 19.0. The predicted octanol–water partition coefficient (Wildman–Crippen LogP) is 2.92. The van der Waals surface area contributed by atoms with Gasteiger partial charge in [0, 0.05) is 36.0 Å². The van der Waals surface area contributed by atoms with Crippen LogP contribution in [0.5, 0.6) is 0 Å². The Morgan fingerprint density at radius 2 is 1.84 bits per heavy atom. The molecule has 2 aromatic carbocycles. The third kappa shape index (κ3) is 5.89. The van der Waals surface area contributed by atoms with Gasteiger partial charge < -0.3 is 10.3 Å². The van der Waals surface area contributed by atoms with E-state index in [1.807, 2.05) is 20.8 Å². The quantitative estimate of drug-likeness (QED) is 0.483. The van der Waals surface area contributed by atoms with E-state index in [-0.39, 0.29) is 29.3 Å². The molecular formula is C23H26N4O4S. The van der Waals surface area contributed by atoms with Crippen LogP contribution in [0.25, 0.3) is 11.4 Å². The van der Waals surface area contributed by atoms with Gasteiger partial charge in [0.25, 0.3) is 5.56 Å². The van der Waals surface area contributed by atoms with Gasteiger partial charge >= 0.3 is 0 Å². The molecule has 1 heterocycles. The Hall–Kier alpha value is -3.30. The van der Waals surface area contributed by atoms with E-state index in [0.717, 1.165) is 11.1 Å². The van der Waals surface area contributed by atoms with E-state index in [1.54, 1.807) is 42.5 Å². The van der Waals surface area contributed by atoms with Crippen LogP contribution in [0, 0.1) is 13.8 Å². The molecule has 8 nitrogen and oxygen atoms in total. The standard InChI is InChI=1S/C23H26N4O4S/c1-4-18-14-22(29)27-23(26-18)17-6-5-7-19(13-17)25-21(28)10-11-24-32(30,31)20-9-8-15(2)16(3)12-20/h5-9,12-14,24H,4,10-11H2,1-3H3,(H,25,28)(H,26,27,29). The predicted molar refractivity (Wildman–Crippen MR) is 124 cm³/mol. The van der Waals surface area contributed by atoms with Gasteiger partial charge in [0.15, 0.2) is 0 Å². The molecule has 0 aliphatic rings. The van der Waals surface area contributed by atoms with Gasteiger partial charge in [-0.05, 0) is 55.7 Å². The highest BCUT2D eigenvalue weighted by Crippen LogP contribution is 2.19. The number of hydrogen-bond acceptors (Lipinski definition) is 5. The summed E-state index contributed by atoms with van der Waals surface area (Å²) in [5.41, 5.74) is 3.50. The van der Waals surface area contributed by atoms with E-state index in [4.69, 9.17) is 0 Å². The summed E-state index contributed by atoms with van der Waals surface area (Å²) in [5.74, 6) is 0.0836. The number of amides is 1. The van der Waals surface area contributed by atoms with Crippen molar-refractivity contribution in [1.82, 2.24) is 14.7 Å². The summed E-state index contributed by atoms with van der Waals surface area (Å²) in [6, 6.07) is 13.3. The van der Waals surface area contributed by atoms with E-state index >= 15 is 0 Å². The third-order valence-electron chi connectivity index (χ3n) is 5.01. The van der Waals surface area contributed by atoms with Crippen molar-refractivity contribution in [2.75, 3.05) is 11.9 Å². The lowest BCUT2D eigenvalue weighted by atomic mass is 10.1. The first kappa shape index (κ1) is 23.4. The second-order valence-electron chi connectivity index (χ2n) is 7.46. The average Bonchev–Trinajstić information content (AvgIpc) is 2.75. The topological polar surface area (TPSA) is 121 Å². The van der Waals surface area contributed by atoms with Crippen LogP contribution < -0.4 is 15.6 Å². The first-order valence-electron chi connectivity index (χ1n) is 10.3. The molecule has 0 bridgehead atoms. The van der Waals surface area contributed by atoms with Gasteiger partial charge in [0.05, 0.1) is 4.90 Å². The van der Waals surface area contributed by atoms with Gasteiger partial charge in [-0.25, -0.2) is 18.1 Å². The Bertz CT molecular complexity index is 1300. The van der Waals surface area contributed by atoms with E-state index in [2.05, 4.69) is 20.0 Å². The second-order valence-corrected chi connectivity index (χ2v) is 9.23. The van der Waals surface area contributed by atoms with Crippen LogP contribution in [0.2, 0.25) is 0 Å². The van der Waals surface area contributed by atoms with Crippen molar-refractivity contribution in [3.05, 3.63) is 75.7 Å². The molecule has 0 aliphatic carbocycles. The molecule has 0 atom stereocenters. The highest BCUT2D eigenvalue weighted by atomic mass is 32.2. The first-order chi connectivity index (χ1) is 15.2. The van der Waals surface area contributed by atoms with Crippen LogP contribution in [0.3, 0.4) is 0 Å². The molecular weight excluding hydrogens is 428 g/mol. The number of aromatic nitrogens is 2. The lowest BCUT2D eigenvalue weighted by Crippen LogP contribution is -2.28. The van der Waals surface area contributed by atoms with Crippen LogP contribution in [-0.4, -0.2) is 30.8 Å². The van der Waals surface area contributed by atoms with Crippen molar-refractivity contribution >= 4 is 21.6 Å². The molecule has 0 spiro atoms. The van der Waals surface area contributed by atoms with E-state index in [9.17, 15) is 18.0 Å². The van der Waals surface area contributed by atoms with Crippen LogP contribution in [-0.2, 0) is 21.2 Å². The van der Waals surface area contributed by atoms with Crippen molar-refractivity contribution in [1.29, 1.82) is 0 Å². The van der Waals surface area contributed by atoms with Gasteiger partial charge in [-0.2, -0.15) is 0 Å². The van der Waals surface area contributed by atoms with Crippen molar-refractivity contribution < 1.29 is 13.2 Å². The normalized spacial score (nSPS) is 11.3. The van der Waals surface area contributed by atoms with E-state index in [1.165, 1.54) is 6.07 Å². The summed E-state index contributed by atoms with van der Waals surface area (Å²) in [5, 5.41) is 2.74. The van der Waals surface area contributed by atoms with Crippen LogP contribution in [0.4, 0.5) is 5.69 Å². The fraction of sp³-hybridized carbons (Fsp3) is 0.261. The largest absolute Gasteiger partial charge is 0.326 e. The molecule has 0 fully saturated rings. The first-order valence-corrected chi connectivity index (χ1v) is 11.7. The molecule has 9 heteroatoms. The molecule has 3 rings (SSSR count). The number of rotatable bonds is 8. The fourth-order valence-corrected chi connectivity index (χ4v) is 4.17. The molecule has 0 radical (unpaired) electrons. The molecule has 32 heavy (non-hydrogen) atoms. The second kappa shape index (κ2) is 9.88. The molecule has 1 aromatic heterocycles. The summed E-state index contributed by atoms with van der Waals surface area (Å²) in [4.78, 5) is 31.4. The number of sulfonamides is 1. The molecule has 0 saturated carbocycles. The Kier molecular flexibility index (Phi) is 7.22. The Balaban J connectivity index is 1.62. The number of nitrogens with zero attached hydrogens (tertiary/aromatic N) is 1. The maximum absolute atomic E-state index is 12.4. The van der Waals surface area contributed by atoms with Gasteiger partial charge in [-0.15, -0.1) is 0 Å². The lowest BCUT2D eigenvalue weighted by molar-refractivity contribution is -0.116. The number of carbonyl (C=O) groups is 1. The van der Waals surface area contributed by atoms with Crippen LogP contribution in [0.1, 0.15) is 30.2 Å². The van der Waals surface area contributed by atoms with E-state index < -0.39 is 10.0 Å². The van der Waals surface area contributed by atoms with Gasteiger partial charge in [-0.3, -0.25) is 9.59 Å². The van der Waals surface area contributed by atoms with Gasteiger partial charge in [0.1, 0.15) is 5.82 Å². The molecule has 1 amide bonds. The molecule has 0 saturated heterocycles. The number of aromatic amines is 1. The summed E-state index contributed by atoms with van der Waals surface area (Å²) in [6.07, 6.45) is 0.597. The Morgan fingerprint density at radius 3 is 2.56 bits per heavy atom. The lowest BCUT2D eigenvalue weighted by Gasteiger charge is -2.10. The van der Waals surface area contributed by atoms with Crippen molar-refractivity contribution in [2.24, 2.45) is 0 Å². The molecule has 168 valence electrons. The summed E-state index contributed by atoms with van der Waals surface area (Å²) >= 11 is 0. The van der Waals surface area contributed by atoms with Crippen LogP contribution >= 0.6 is 0 Å². The van der Waals surface area contributed by atoms with Crippen molar-refractivity contribution in [2.45, 2.75) is 38.5 Å². The summed E-state index contributed by atoms with van der Waals surface area (Å²) in [7, 11) is -3.69. The number of carbonyl (C=O) groups excluding carboxylic acids is 1. The Labute approximate surface area is 187 Å². The number of benzene rings is 2. The molecule has 3 aromatic rings. The number of nitrogens with one attached hydrogen (secondary N) is 3. The minimum atomic E-state index is -3.69. The van der Waals surface area contributed by atoms with Crippen molar-refractivity contribution in [3.63, 3.8) is 0 Å². The minimum Gasteiger partial charge on any atom is -0.326 e. The number of hydrogen-bond donors (Lipinski definition) is 3. The van der Waals surface area contributed by atoms with Gasteiger partial charge in [0.2, 0.25) is 15.9 Å². The molecule has 0 unspecified atom stereocenters. The maximum Gasteiger partial charge on any atom is 0.251 e. The number of aryl methyl sites for hydroxylation is 3. The smallest absolute Gasteiger partial charge is 0.251 e. The minimum absolute atomic E-state index is 0.0330. The average molecular weight is 455 g/mol. The Morgan fingerprint density at radius 1 is 1.06 bits per heavy atom. The monoisotopic (exact) mass is 454 g/mol. The third-order valence-corrected chi connectivity index (χ3v) is 6.47. The van der Waals surface area contributed by atoms with E-state index in [0.29, 0.717) is 29.2 Å². The van der Waals surface area contributed by atoms with Gasteiger partial charge in [-0.1, -0.05) is 25.1 Å². The highest BCUT2D eigenvalue weighted by Gasteiger charge is 2.15. The highest BCUT2D eigenvalue weighted by molar-refractivity contribution is 7.89. The van der Waals surface area contributed by atoms with Crippen molar-refractivity contribution in [3.8, 4) is 11.4 Å². The molecule has 3 N–H and O–H groups in total. The molecule has 0 aliphatic heterocycles. The zero-order valence-electron chi connectivity index (χ0n) is 18.2. The maximum atomic E-state index is 12.4. The summed E-state index contributed by atoms with van der Waals surface area (Å²) < 4.78 is 27.3. The number of H-pyrrole nitrogens is 1. The summed E-state index contributed by atoms with van der Waals surface area (Å²) in [6.45, 7) is 5.64.